The van der Waals surface area contributed by atoms with Gasteiger partial charge in [-0.3, -0.25) is 0 Å². The predicted molar refractivity (Wildman–Crippen MR) is 77.9 cm³/mol. The van der Waals surface area contributed by atoms with Gasteiger partial charge in [0, 0.05) is 23.0 Å². The predicted octanol–water partition coefficient (Wildman–Crippen LogP) is 4.89. The minimum Gasteiger partial charge on any atom is -0.439 e. The molecule has 0 amide bonds. The monoisotopic (exact) mass is 388 g/mol. The van der Waals surface area contributed by atoms with Gasteiger partial charge < -0.3 is 4.74 Å². The fourth-order valence-electron chi connectivity index (χ4n) is 1.54. The highest BCUT2D eigenvalue weighted by Crippen LogP contribution is 2.26. The summed E-state index contributed by atoms with van der Waals surface area (Å²) in [6.07, 6.45) is 1.71. The maximum Gasteiger partial charge on any atom is 0.223 e. The first-order valence-corrected chi connectivity index (χ1v) is 7.33. The highest BCUT2D eigenvalue weighted by molar-refractivity contribution is 9.10. The van der Waals surface area contributed by atoms with Crippen LogP contribution in [0.3, 0.4) is 0 Å². The SMILES string of the molecule is CCCc1nc(Br)cc(Oc2cc(F)cc(Br)c2)n1. The standard InChI is InChI=1S/C13H11Br2FN2O/c1-2-3-12-17-11(15)7-13(18-12)19-10-5-8(14)4-9(16)6-10/h4-7H,2-3H2,1H3. The fraction of sp³-hybridized carbons (Fsp3) is 0.231. The van der Waals surface area contributed by atoms with Crippen molar-refractivity contribution in [3.8, 4) is 11.6 Å². The van der Waals surface area contributed by atoms with Crippen LogP contribution in [0.5, 0.6) is 11.6 Å². The Hall–Kier alpha value is -1.01. The lowest BCUT2D eigenvalue weighted by atomic mass is 10.3. The lowest BCUT2D eigenvalue weighted by Gasteiger charge is -2.07. The number of hydrogen-bond acceptors (Lipinski definition) is 3. The molecule has 0 N–H and O–H groups in total. The van der Waals surface area contributed by atoms with Crippen LogP contribution in [0.1, 0.15) is 19.2 Å². The van der Waals surface area contributed by atoms with Gasteiger partial charge in [-0.15, -0.1) is 0 Å². The van der Waals surface area contributed by atoms with E-state index in [4.69, 9.17) is 4.74 Å². The van der Waals surface area contributed by atoms with E-state index >= 15 is 0 Å². The molecule has 1 heterocycles. The average molecular weight is 390 g/mol. The summed E-state index contributed by atoms with van der Waals surface area (Å²) in [5, 5.41) is 0. The van der Waals surface area contributed by atoms with Crippen LogP contribution in [0, 0.1) is 5.82 Å². The van der Waals surface area contributed by atoms with Crippen molar-refractivity contribution in [2.45, 2.75) is 19.8 Å². The van der Waals surface area contributed by atoms with Crippen LogP contribution >= 0.6 is 31.9 Å². The molecule has 0 aliphatic heterocycles. The van der Waals surface area contributed by atoms with Gasteiger partial charge in [-0.05, 0) is 34.5 Å². The van der Waals surface area contributed by atoms with Gasteiger partial charge in [0.1, 0.15) is 22.0 Å². The number of halogens is 3. The molecule has 2 rings (SSSR count). The molecule has 6 heteroatoms. The molecule has 0 unspecified atom stereocenters. The number of aromatic nitrogens is 2. The Labute approximate surface area is 127 Å². The van der Waals surface area contributed by atoms with E-state index in [-0.39, 0.29) is 5.82 Å². The molecule has 0 aliphatic rings. The molecule has 0 bridgehead atoms. The summed E-state index contributed by atoms with van der Waals surface area (Å²) in [6, 6.07) is 6.00. The largest absolute Gasteiger partial charge is 0.439 e. The molecular weight excluding hydrogens is 379 g/mol. The van der Waals surface area contributed by atoms with Crippen molar-refractivity contribution in [1.82, 2.24) is 9.97 Å². The van der Waals surface area contributed by atoms with Crippen LogP contribution in [-0.4, -0.2) is 9.97 Å². The van der Waals surface area contributed by atoms with Gasteiger partial charge in [0.2, 0.25) is 5.88 Å². The van der Waals surface area contributed by atoms with Crippen LogP contribution in [0.15, 0.2) is 33.3 Å². The van der Waals surface area contributed by atoms with E-state index in [1.54, 1.807) is 12.1 Å². The molecule has 0 fully saturated rings. The number of rotatable bonds is 4. The van der Waals surface area contributed by atoms with Gasteiger partial charge >= 0.3 is 0 Å². The smallest absolute Gasteiger partial charge is 0.223 e. The molecule has 19 heavy (non-hydrogen) atoms. The molecule has 0 radical (unpaired) electrons. The first-order valence-electron chi connectivity index (χ1n) is 5.74. The van der Waals surface area contributed by atoms with Gasteiger partial charge in [0.15, 0.2) is 0 Å². The lowest BCUT2D eigenvalue weighted by Crippen LogP contribution is -1.98. The van der Waals surface area contributed by atoms with Crippen molar-refractivity contribution in [3.63, 3.8) is 0 Å². The summed E-state index contributed by atoms with van der Waals surface area (Å²) >= 11 is 6.53. The van der Waals surface area contributed by atoms with Gasteiger partial charge in [0.05, 0.1) is 0 Å². The molecule has 2 aromatic rings. The summed E-state index contributed by atoms with van der Waals surface area (Å²) in [5.41, 5.74) is 0. The Morgan fingerprint density at radius 3 is 2.63 bits per heavy atom. The van der Waals surface area contributed by atoms with E-state index in [1.165, 1.54) is 12.1 Å². The Morgan fingerprint density at radius 2 is 1.95 bits per heavy atom. The number of hydrogen-bond donors (Lipinski definition) is 0. The Kier molecular flexibility index (Phi) is 4.87. The minimum atomic E-state index is -0.369. The molecule has 0 spiro atoms. The zero-order valence-electron chi connectivity index (χ0n) is 10.2. The molecule has 0 atom stereocenters. The second-order valence-electron chi connectivity index (χ2n) is 3.90. The summed E-state index contributed by atoms with van der Waals surface area (Å²) in [5.74, 6) is 1.11. The summed E-state index contributed by atoms with van der Waals surface area (Å²) in [4.78, 5) is 8.52. The van der Waals surface area contributed by atoms with Crippen LogP contribution in [0.25, 0.3) is 0 Å². The first-order chi connectivity index (χ1) is 9.06. The first kappa shape index (κ1) is 14.4. The Balaban J connectivity index is 2.27. The van der Waals surface area contributed by atoms with Gasteiger partial charge in [0.25, 0.3) is 0 Å². The molecule has 1 aromatic heterocycles. The van der Waals surface area contributed by atoms with E-state index in [1.807, 2.05) is 0 Å². The highest BCUT2D eigenvalue weighted by atomic mass is 79.9. The molecule has 100 valence electrons. The Morgan fingerprint density at radius 1 is 1.16 bits per heavy atom. The highest BCUT2D eigenvalue weighted by Gasteiger charge is 2.06. The third-order valence-electron chi connectivity index (χ3n) is 2.25. The average Bonchev–Trinajstić information content (AvgIpc) is 2.26. The second-order valence-corrected chi connectivity index (χ2v) is 5.63. The number of ether oxygens (including phenoxy) is 1. The maximum atomic E-state index is 13.3. The molecule has 1 aromatic carbocycles. The summed E-state index contributed by atoms with van der Waals surface area (Å²) in [7, 11) is 0. The van der Waals surface area contributed by atoms with E-state index in [2.05, 4.69) is 48.8 Å². The zero-order chi connectivity index (χ0) is 13.8. The van der Waals surface area contributed by atoms with E-state index in [9.17, 15) is 4.39 Å². The van der Waals surface area contributed by atoms with Crippen LogP contribution in [0.4, 0.5) is 4.39 Å². The molecule has 0 aliphatic carbocycles. The normalized spacial score (nSPS) is 10.5. The van der Waals surface area contributed by atoms with Crippen molar-refractivity contribution in [1.29, 1.82) is 0 Å². The quantitative estimate of drug-likeness (QED) is 0.698. The van der Waals surface area contributed by atoms with Crippen LogP contribution in [0.2, 0.25) is 0 Å². The number of nitrogens with zero attached hydrogens (tertiary/aromatic N) is 2. The maximum absolute atomic E-state index is 13.3. The molecule has 0 saturated carbocycles. The molecule has 0 saturated heterocycles. The molecular formula is C13H11Br2FN2O. The van der Waals surface area contributed by atoms with Crippen molar-refractivity contribution in [2.75, 3.05) is 0 Å². The van der Waals surface area contributed by atoms with Crippen LogP contribution < -0.4 is 4.74 Å². The van der Waals surface area contributed by atoms with Crippen molar-refractivity contribution >= 4 is 31.9 Å². The second kappa shape index (κ2) is 6.43. The van der Waals surface area contributed by atoms with Crippen molar-refractivity contribution in [3.05, 3.63) is 45.0 Å². The van der Waals surface area contributed by atoms with Crippen molar-refractivity contribution < 1.29 is 9.13 Å². The zero-order valence-corrected chi connectivity index (χ0v) is 13.3. The van der Waals surface area contributed by atoms with Gasteiger partial charge in [-0.1, -0.05) is 22.9 Å². The van der Waals surface area contributed by atoms with Crippen LogP contribution in [-0.2, 0) is 6.42 Å². The fourth-order valence-corrected chi connectivity index (χ4v) is 2.38. The third-order valence-corrected chi connectivity index (χ3v) is 3.11. The Bertz CT molecular complexity index is 573. The van der Waals surface area contributed by atoms with E-state index in [0.717, 1.165) is 12.8 Å². The van der Waals surface area contributed by atoms with E-state index in [0.29, 0.717) is 26.5 Å². The summed E-state index contributed by atoms with van der Waals surface area (Å²) in [6.45, 7) is 2.05. The minimum absolute atomic E-state index is 0.369. The van der Waals surface area contributed by atoms with Crippen molar-refractivity contribution in [2.24, 2.45) is 0 Å². The number of benzene rings is 1. The van der Waals surface area contributed by atoms with Gasteiger partial charge in [-0.25, -0.2) is 9.37 Å². The van der Waals surface area contributed by atoms with E-state index < -0.39 is 0 Å². The van der Waals surface area contributed by atoms with Gasteiger partial charge in [-0.2, -0.15) is 4.98 Å². The third kappa shape index (κ3) is 4.24. The number of aryl methyl sites for hydroxylation is 1. The topological polar surface area (TPSA) is 35.0 Å². The summed E-state index contributed by atoms with van der Waals surface area (Å²) < 4.78 is 20.1. The lowest BCUT2D eigenvalue weighted by molar-refractivity contribution is 0.452. The molecule has 3 nitrogen and oxygen atoms in total.